The van der Waals surface area contributed by atoms with Crippen LogP contribution < -0.4 is 5.32 Å². The van der Waals surface area contributed by atoms with Gasteiger partial charge in [-0.2, -0.15) is 11.8 Å². The molecule has 0 radical (unpaired) electrons. The highest BCUT2D eigenvalue weighted by Crippen LogP contribution is 2.37. The second-order valence-electron chi connectivity index (χ2n) is 4.19. The minimum absolute atomic E-state index is 0.447. The molecule has 0 saturated carbocycles. The van der Waals surface area contributed by atoms with E-state index in [9.17, 15) is 0 Å². The zero-order valence-electron chi connectivity index (χ0n) is 10.4. The van der Waals surface area contributed by atoms with Gasteiger partial charge in [0.2, 0.25) is 0 Å². The van der Waals surface area contributed by atoms with Crippen LogP contribution in [-0.2, 0) is 0 Å². The van der Waals surface area contributed by atoms with E-state index < -0.39 is 0 Å². The molecule has 2 aromatic heterocycles. The highest BCUT2D eigenvalue weighted by atomic mass is 32.2. The first-order chi connectivity index (χ1) is 8.78. The van der Waals surface area contributed by atoms with E-state index in [1.54, 1.807) is 11.3 Å². The lowest BCUT2D eigenvalue weighted by atomic mass is 10.3. The van der Waals surface area contributed by atoms with Crippen molar-refractivity contribution >= 4 is 50.9 Å². The van der Waals surface area contributed by atoms with Crippen molar-refractivity contribution in [2.75, 3.05) is 29.6 Å². The summed E-state index contributed by atoms with van der Waals surface area (Å²) in [6.07, 6.45) is 0. The summed E-state index contributed by atoms with van der Waals surface area (Å²) in [6.45, 7) is 2.12. The molecule has 1 N–H and O–H groups in total. The Hall–Kier alpha value is -0.460. The van der Waals surface area contributed by atoms with Crippen LogP contribution in [0.3, 0.4) is 0 Å². The standard InChI is InChI=1S/C12H15N3S3/c1-7-5-8-10(13-2)14-11(15-12(8)18-7)9-6-16-3-4-17-9/h5,9H,3-4,6H2,1-2H3,(H,13,14,15). The highest BCUT2D eigenvalue weighted by Gasteiger charge is 2.21. The second kappa shape index (κ2) is 5.27. The summed E-state index contributed by atoms with van der Waals surface area (Å²) >= 11 is 5.74. The van der Waals surface area contributed by atoms with Gasteiger partial charge in [-0.3, -0.25) is 0 Å². The molecule has 0 spiro atoms. The van der Waals surface area contributed by atoms with E-state index in [2.05, 4.69) is 18.3 Å². The van der Waals surface area contributed by atoms with Crippen molar-refractivity contribution in [3.05, 3.63) is 16.8 Å². The lowest BCUT2D eigenvalue weighted by Gasteiger charge is -2.20. The Morgan fingerprint density at radius 1 is 1.33 bits per heavy atom. The number of anilines is 1. The Kier molecular flexibility index (Phi) is 3.68. The molecule has 96 valence electrons. The fourth-order valence-corrected chi connectivity index (χ4v) is 5.52. The van der Waals surface area contributed by atoms with Gasteiger partial charge in [-0.15, -0.1) is 23.1 Å². The molecule has 3 heterocycles. The topological polar surface area (TPSA) is 37.8 Å². The quantitative estimate of drug-likeness (QED) is 0.917. The molecular weight excluding hydrogens is 282 g/mol. The number of thioether (sulfide) groups is 2. The van der Waals surface area contributed by atoms with Crippen molar-refractivity contribution in [2.24, 2.45) is 0 Å². The Morgan fingerprint density at radius 2 is 2.22 bits per heavy atom. The van der Waals surface area contributed by atoms with Crippen LogP contribution in [0.4, 0.5) is 5.82 Å². The monoisotopic (exact) mass is 297 g/mol. The molecule has 3 nitrogen and oxygen atoms in total. The van der Waals surface area contributed by atoms with Gasteiger partial charge < -0.3 is 5.32 Å². The number of rotatable bonds is 2. The van der Waals surface area contributed by atoms with Gasteiger partial charge in [-0.1, -0.05) is 0 Å². The Bertz CT molecular complexity index is 561. The molecule has 1 fully saturated rings. The number of thiophene rings is 1. The summed E-state index contributed by atoms with van der Waals surface area (Å²) in [5, 5.41) is 4.80. The van der Waals surface area contributed by atoms with Gasteiger partial charge in [0.25, 0.3) is 0 Å². The van der Waals surface area contributed by atoms with Gasteiger partial charge in [0.15, 0.2) is 0 Å². The van der Waals surface area contributed by atoms with Crippen LogP contribution in [0.25, 0.3) is 10.2 Å². The molecule has 3 rings (SSSR count). The largest absolute Gasteiger partial charge is 0.372 e. The molecule has 6 heteroatoms. The smallest absolute Gasteiger partial charge is 0.146 e. The zero-order chi connectivity index (χ0) is 12.5. The molecule has 0 amide bonds. The van der Waals surface area contributed by atoms with Crippen LogP contribution in [-0.4, -0.2) is 34.3 Å². The predicted octanol–water partition coefficient (Wildman–Crippen LogP) is 3.56. The van der Waals surface area contributed by atoms with Crippen molar-refractivity contribution in [3.8, 4) is 0 Å². The van der Waals surface area contributed by atoms with E-state index in [4.69, 9.17) is 9.97 Å². The number of aryl methyl sites for hydroxylation is 1. The summed E-state index contributed by atoms with van der Waals surface area (Å²) in [5.74, 6) is 5.54. The van der Waals surface area contributed by atoms with Gasteiger partial charge in [0, 0.05) is 29.2 Å². The average molecular weight is 297 g/mol. The summed E-state index contributed by atoms with van der Waals surface area (Å²) in [4.78, 5) is 11.9. The number of nitrogens with zero attached hydrogens (tertiary/aromatic N) is 2. The number of hydrogen-bond acceptors (Lipinski definition) is 6. The molecule has 0 bridgehead atoms. The average Bonchev–Trinajstić information content (AvgIpc) is 2.78. The SMILES string of the molecule is CNc1nc(C2CSCCS2)nc2sc(C)cc12. The fraction of sp³-hybridized carbons (Fsp3) is 0.500. The number of hydrogen-bond donors (Lipinski definition) is 1. The van der Waals surface area contributed by atoms with Crippen LogP contribution in [0, 0.1) is 6.92 Å². The van der Waals surface area contributed by atoms with Crippen LogP contribution >= 0.6 is 34.9 Å². The molecular formula is C12H15N3S3. The Labute approximate surface area is 119 Å². The molecule has 18 heavy (non-hydrogen) atoms. The number of aromatic nitrogens is 2. The minimum atomic E-state index is 0.447. The van der Waals surface area contributed by atoms with E-state index in [1.807, 2.05) is 30.6 Å². The van der Waals surface area contributed by atoms with E-state index in [0.29, 0.717) is 5.25 Å². The van der Waals surface area contributed by atoms with Crippen molar-refractivity contribution in [1.82, 2.24) is 9.97 Å². The van der Waals surface area contributed by atoms with E-state index >= 15 is 0 Å². The summed E-state index contributed by atoms with van der Waals surface area (Å²) in [6, 6.07) is 2.17. The minimum Gasteiger partial charge on any atom is -0.372 e. The summed E-state index contributed by atoms with van der Waals surface area (Å²) < 4.78 is 0. The van der Waals surface area contributed by atoms with Crippen LogP contribution in [0.1, 0.15) is 16.0 Å². The third-order valence-electron chi connectivity index (χ3n) is 2.87. The summed E-state index contributed by atoms with van der Waals surface area (Å²) in [7, 11) is 1.93. The molecule has 1 saturated heterocycles. The normalized spacial score (nSPS) is 20.2. The first-order valence-electron chi connectivity index (χ1n) is 5.93. The van der Waals surface area contributed by atoms with Crippen molar-refractivity contribution < 1.29 is 0 Å². The highest BCUT2D eigenvalue weighted by molar-refractivity contribution is 8.06. The fourth-order valence-electron chi connectivity index (χ4n) is 2.03. The first-order valence-corrected chi connectivity index (χ1v) is 8.95. The third kappa shape index (κ3) is 2.33. The molecule has 1 aliphatic heterocycles. The predicted molar refractivity (Wildman–Crippen MR) is 84.2 cm³/mol. The van der Waals surface area contributed by atoms with Crippen molar-refractivity contribution in [3.63, 3.8) is 0 Å². The third-order valence-corrected chi connectivity index (χ3v) is 6.57. The van der Waals surface area contributed by atoms with E-state index in [1.165, 1.54) is 16.4 Å². The van der Waals surface area contributed by atoms with Gasteiger partial charge in [0.1, 0.15) is 16.5 Å². The maximum atomic E-state index is 4.76. The maximum absolute atomic E-state index is 4.76. The lowest BCUT2D eigenvalue weighted by molar-refractivity contribution is 0.947. The first kappa shape index (κ1) is 12.6. The lowest BCUT2D eigenvalue weighted by Crippen LogP contribution is -2.11. The molecule has 0 aromatic carbocycles. The summed E-state index contributed by atoms with van der Waals surface area (Å²) in [5.41, 5.74) is 0. The molecule has 2 aromatic rings. The van der Waals surface area contributed by atoms with E-state index in [-0.39, 0.29) is 0 Å². The molecule has 0 aliphatic carbocycles. The van der Waals surface area contributed by atoms with Crippen LogP contribution in [0.5, 0.6) is 0 Å². The molecule has 1 atom stereocenters. The van der Waals surface area contributed by atoms with Crippen molar-refractivity contribution in [1.29, 1.82) is 0 Å². The van der Waals surface area contributed by atoms with Crippen LogP contribution in [0.2, 0.25) is 0 Å². The van der Waals surface area contributed by atoms with Gasteiger partial charge in [0.05, 0.1) is 10.6 Å². The second-order valence-corrected chi connectivity index (χ2v) is 7.89. The number of fused-ring (bicyclic) bond motifs is 1. The Balaban J connectivity index is 2.06. The molecule has 1 aliphatic rings. The van der Waals surface area contributed by atoms with Gasteiger partial charge in [-0.05, 0) is 13.0 Å². The maximum Gasteiger partial charge on any atom is 0.146 e. The zero-order valence-corrected chi connectivity index (χ0v) is 12.8. The van der Waals surface area contributed by atoms with Crippen LogP contribution in [0.15, 0.2) is 6.07 Å². The van der Waals surface area contributed by atoms with Gasteiger partial charge >= 0.3 is 0 Å². The van der Waals surface area contributed by atoms with Gasteiger partial charge in [-0.25, -0.2) is 9.97 Å². The number of nitrogens with one attached hydrogen (secondary N) is 1. The van der Waals surface area contributed by atoms with Crippen molar-refractivity contribution in [2.45, 2.75) is 12.2 Å². The Morgan fingerprint density at radius 3 is 2.94 bits per heavy atom. The van der Waals surface area contributed by atoms with E-state index in [0.717, 1.165) is 27.6 Å². The molecule has 1 unspecified atom stereocenters.